The van der Waals surface area contributed by atoms with Crippen LogP contribution in [0.1, 0.15) is 12.8 Å². The third kappa shape index (κ3) is 2.65. The van der Waals surface area contributed by atoms with E-state index in [2.05, 4.69) is 22.2 Å². The summed E-state index contributed by atoms with van der Waals surface area (Å²) >= 11 is 0. The highest BCUT2D eigenvalue weighted by Crippen LogP contribution is 2.23. The number of anilines is 1. The molecule has 1 aliphatic heterocycles. The van der Waals surface area contributed by atoms with Gasteiger partial charge < -0.3 is 10.2 Å². The van der Waals surface area contributed by atoms with Crippen molar-refractivity contribution in [1.29, 1.82) is 0 Å². The van der Waals surface area contributed by atoms with Gasteiger partial charge in [-0.3, -0.25) is 9.78 Å². The molecule has 0 aliphatic carbocycles. The number of nitrogens with one attached hydrogen (secondary N) is 1. The number of benzene rings is 1. The van der Waals surface area contributed by atoms with E-state index < -0.39 is 0 Å². The van der Waals surface area contributed by atoms with E-state index in [1.165, 1.54) is 0 Å². The molecule has 0 radical (unpaired) electrons. The van der Waals surface area contributed by atoms with Crippen molar-refractivity contribution in [2.24, 2.45) is 5.92 Å². The van der Waals surface area contributed by atoms with E-state index in [9.17, 15) is 4.79 Å². The van der Waals surface area contributed by atoms with Crippen molar-refractivity contribution in [2.45, 2.75) is 12.8 Å². The van der Waals surface area contributed by atoms with Gasteiger partial charge in [0.25, 0.3) is 0 Å². The topological polar surface area (TPSA) is 45.2 Å². The molecule has 20 heavy (non-hydrogen) atoms. The third-order valence-corrected chi connectivity index (χ3v) is 3.98. The van der Waals surface area contributed by atoms with E-state index >= 15 is 0 Å². The number of amides is 1. The summed E-state index contributed by atoms with van der Waals surface area (Å²) in [6, 6.07) is 9.79. The molecular formula is C16H19N3O. The van der Waals surface area contributed by atoms with Crippen molar-refractivity contribution < 1.29 is 4.79 Å². The number of aromatic nitrogens is 1. The number of hydrogen-bond donors (Lipinski definition) is 1. The molecule has 2 aromatic rings. The van der Waals surface area contributed by atoms with Gasteiger partial charge in [0, 0.05) is 17.5 Å². The van der Waals surface area contributed by atoms with Crippen molar-refractivity contribution in [3.05, 3.63) is 36.5 Å². The number of piperidine rings is 1. The maximum absolute atomic E-state index is 12.4. The molecule has 0 saturated carbocycles. The molecule has 104 valence electrons. The molecule has 1 aromatic carbocycles. The first-order valence-electron chi connectivity index (χ1n) is 7.07. The van der Waals surface area contributed by atoms with Crippen molar-refractivity contribution in [3.8, 4) is 0 Å². The lowest BCUT2D eigenvalue weighted by atomic mass is 9.96. The van der Waals surface area contributed by atoms with Gasteiger partial charge in [-0.1, -0.05) is 18.2 Å². The molecule has 0 atom stereocenters. The molecule has 0 bridgehead atoms. The van der Waals surface area contributed by atoms with E-state index in [1.807, 2.05) is 30.3 Å². The molecule has 0 spiro atoms. The largest absolute Gasteiger partial charge is 0.324 e. The lowest BCUT2D eigenvalue weighted by Crippen LogP contribution is -2.35. The van der Waals surface area contributed by atoms with Gasteiger partial charge in [0.2, 0.25) is 5.91 Å². The number of carbonyl (C=O) groups excluding carboxylic acids is 1. The van der Waals surface area contributed by atoms with Crippen LogP contribution in [0.25, 0.3) is 10.9 Å². The average molecular weight is 269 g/mol. The summed E-state index contributed by atoms with van der Waals surface area (Å²) in [7, 11) is 2.10. The highest BCUT2D eigenvalue weighted by Gasteiger charge is 2.23. The maximum atomic E-state index is 12.4. The van der Waals surface area contributed by atoms with Gasteiger partial charge in [0.05, 0.1) is 11.2 Å². The quantitative estimate of drug-likeness (QED) is 0.911. The van der Waals surface area contributed by atoms with Crippen LogP contribution in [0.2, 0.25) is 0 Å². The van der Waals surface area contributed by atoms with E-state index in [4.69, 9.17) is 0 Å². The van der Waals surface area contributed by atoms with Gasteiger partial charge in [-0.15, -0.1) is 0 Å². The van der Waals surface area contributed by atoms with Crippen LogP contribution in [-0.2, 0) is 4.79 Å². The van der Waals surface area contributed by atoms with Crippen LogP contribution in [0.5, 0.6) is 0 Å². The number of likely N-dealkylation sites (tertiary alicyclic amines) is 1. The second-order valence-corrected chi connectivity index (χ2v) is 5.45. The van der Waals surface area contributed by atoms with E-state index in [0.717, 1.165) is 42.5 Å². The van der Waals surface area contributed by atoms with Crippen LogP contribution in [0.4, 0.5) is 5.69 Å². The molecular weight excluding hydrogens is 250 g/mol. The average Bonchev–Trinajstić information content (AvgIpc) is 2.48. The minimum atomic E-state index is 0.116. The van der Waals surface area contributed by atoms with Crippen LogP contribution in [-0.4, -0.2) is 35.9 Å². The molecule has 1 amide bonds. The molecule has 1 saturated heterocycles. The first-order chi connectivity index (χ1) is 9.74. The first kappa shape index (κ1) is 13.1. The number of para-hydroxylation sites is 1. The van der Waals surface area contributed by atoms with Crippen molar-refractivity contribution in [2.75, 3.05) is 25.5 Å². The molecule has 1 fully saturated rings. The maximum Gasteiger partial charge on any atom is 0.227 e. The zero-order valence-electron chi connectivity index (χ0n) is 11.7. The second-order valence-electron chi connectivity index (χ2n) is 5.45. The minimum absolute atomic E-state index is 0.116. The zero-order chi connectivity index (χ0) is 13.9. The first-order valence-corrected chi connectivity index (χ1v) is 7.07. The summed E-state index contributed by atoms with van der Waals surface area (Å²) in [6.07, 6.45) is 3.62. The Balaban J connectivity index is 1.77. The van der Waals surface area contributed by atoms with Crippen LogP contribution in [0, 0.1) is 5.92 Å². The Morgan fingerprint density at radius 1 is 1.25 bits per heavy atom. The Morgan fingerprint density at radius 2 is 2.00 bits per heavy atom. The van der Waals surface area contributed by atoms with Crippen LogP contribution < -0.4 is 5.32 Å². The number of fused-ring (bicyclic) bond motifs is 1. The van der Waals surface area contributed by atoms with Crippen LogP contribution in [0.15, 0.2) is 36.5 Å². The van der Waals surface area contributed by atoms with Gasteiger partial charge in [0.1, 0.15) is 0 Å². The minimum Gasteiger partial charge on any atom is -0.324 e. The van der Waals surface area contributed by atoms with E-state index in [1.54, 1.807) is 6.20 Å². The van der Waals surface area contributed by atoms with Crippen LogP contribution in [0.3, 0.4) is 0 Å². The summed E-state index contributed by atoms with van der Waals surface area (Å²) in [6.45, 7) is 1.98. The molecule has 3 rings (SSSR count). The normalized spacial score (nSPS) is 17.2. The summed E-state index contributed by atoms with van der Waals surface area (Å²) < 4.78 is 0. The molecule has 1 aromatic heterocycles. The molecule has 1 N–H and O–H groups in total. The van der Waals surface area contributed by atoms with Gasteiger partial charge in [0.15, 0.2) is 0 Å². The Hall–Kier alpha value is -1.94. The Morgan fingerprint density at radius 3 is 2.80 bits per heavy atom. The molecule has 4 nitrogen and oxygen atoms in total. The molecule has 1 aliphatic rings. The highest BCUT2D eigenvalue weighted by molar-refractivity contribution is 6.01. The Bertz CT molecular complexity index is 613. The third-order valence-electron chi connectivity index (χ3n) is 3.98. The highest BCUT2D eigenvalue weighted by atomic mass is 16.1. The van der Waals surface area contributed by atoms with Crippen molar-refractivity contribution >= 4 is 22.5 Å². The van der Waals surface area contributed by atoms with Crippen molar-refractivity contribution in [1.82, 2.24) is 9.88 Å². The summed E-state index contributed by atoms with van der Waals surface area (Å²) in [5.74, 6) is 0.237. The standard InChI is InChI=1S/C16H19N3O/c1-19-10-7-13(8-11-19)16(20)18-14-6-2-4-12-5-3-9-17-15(12)14/h2-6,9,13H,7-8,10-11H2,1H3,(H,18,20). The number of hydrogen-bond acceptors (Lipinski definition) is 3. The van der Waals surface area contributed by atoms with Crippen molar-refractivity contribution in [3.63, 3.8) is 0 Å². The fraction of sp³-hybridized carbons (Fsp3) is 0.375. The van der Waals surface area contributed by atoms with E-state index in [0.29, 0.717) is 0 Å². The molecule has 2 heterocycles. The predicted octanol–water partition coefficient (Wildman–Crippen LogP) is 2.52. The van der Waals surface area contributed by atoms with Crippen LogP contribution >= 0.6 is 0 Å². The van der Waals surface area contributed by atoms with Gasteiger partial charge in [-0.25, -0.2) is 0 Å². The second kappa shape index (κ2) is 5.59. The van der Waals surface area contributed by atoms with Gasteiger partial charge in [-0.05, 0) is 45.1 Å². The monoisotopic (exact) mass is 269 g/mol. The fourth-order valence-electron chi connectivity index (χ4n) is 2.71. The predicted molar refractivity (Wildman–Crippen MR) is 80.6 cm³/mol. The fourth-order valence-corrected chi connectivity index (χ4v) is 2.71. The summed E-state index contributed by atoms with van der Waals surface area (Å²) in [5.41, 5.74) is 1.67. The summed E-state index contributed by atoms with van der Waals surface area (Å²) in [5, 5.41) is 4.10. The Labute approximate surface area is 118 Å². The lowest BCUT2D eigenvalue weighted by Gasteiger charge is -2.28. The molecule has 0 unspecified atom stereocenters. The Kier molecular flexibility index (Phi) is 3.65. The zero-order valence-corrected chi connectivity index (χ0v) is 11.7. The smallest absolute Gasteiger partial charge is 0.227 e. The summed E-state index contributed by atoms with van der Waals surface area (Å²) in [4.78, 5) is 19.0. The number of rotatable bonds is 2. The number of carbonyl (C=O) groups is 1. The van der Waals surface area contributed by atoms with Gasteiger partial charge >= 0.3 is 0 Å². The van der Waals surface area contributed by atoms with E-state index in [-0.39, 0.29) is 11.8 Å². The van der Waals surface area contributed by atoms with Gasteiger partial charge in [-0.2, -0.15) is 0 Å². The number of nitrogens with zero attached hydrogens (tertiary/aromatic N) is 2. The lowest BCUT2D eigenvalue weighted by molar-refractivity contribution is -0.121. The SMILES string of the molecule is CN1CCC(C(=O)Nc2cccc3cccnc23)CC1. The number of pyridine rings is 1. The molecule has 4 heteroatoms.